The number of amides is 2. The van der Waals surface area contributed by atoms with Gasteiger partial charge in [-0.05, 0) is 37.6 Å². The number of benzene rings is 1. The van der Waals surface area contributed by atoms with Crippen molar-refractivity contribution in [3.05, 3.63) is 71.6 Å². The first-order valence-corrected chi connectivity index (χ1v) is 10.2. The van der Waals surface area contributed by atoms with E-state index in [-0.39, 0.29) is 13.1 Å². The molecule has 0 saturated heterocycles. The molecule has 0 bridgehead atoms. The highest BCUT2D eigenvalue weighted by Crippen LogP contribution is 2.22. The van der Waals surface area contributed by atoms with Crippen LogP contribution in [-0.2, 0) is 22.7 Å². The molecule has 0 aliphatic carbocycles. The third-order valence-corrected chi connectivity index (χ3v) is 5.43. The van der Waals surface area contributed by atoms with Crippen molar-refractivity contribution in [1.82, 2.24) is 30.0 Å². The van der Waals surface area contributed by atoms with Crippen LogP contribution < -0.4 is 5.32 Å². The number of rotatable bonds is 6. The van der Waals surface area contributed by atoms with Crippen LogP contribution in [0, 0.1) is 6.92 Å². The molecular weight excluding hydrogens is 412 g/mol. The lowest BCUT2D eigenvalue weighted by Crippen LogP contribution is -2.50. The highest BCUT2D eigenvalue weighted by Gasteiger charge is 2.36. The Hall–Kier alpha value is -3.63. The van der Waals surface area contributed by atoms with Gasteiger partial charge < -0.3 is 20.4 Å². The van der Waals surface area contributed by atoms with E-state index in [0.29, 0.717) is 11.5 Å². The lowest BCUT2D eigenvalue weighted by atomic mass is 10.1. The minimum atomic E-state index is -1.90. The van der Waals surface area contributed by atoms with Crippen LogP contribution in [0.4, 0.5) is 0 Å². The van der Waals surface area contributed by atoms with Gasteiger partial charge >= 0.3 is 0 Å². The van der Waals surface area contributed by atoms with Gasteiger partial charge in [0.2, 0.25) is 0 Å². The Balaban J connectivity index is 1.35. The Morgan fingerprint density at radius 1 is 1.12 bits per heavy atom. The summed E-state index contributed by atoms with van der Waals surface area (Å²) in [5.41, 5.74) is 3.14. The lowest BCUT2D eigenvalue weighted by Gasteiger charge is -2.24. The number of hydrogen-bond donors (Lipinski definition) is 3. The van der Waals surface area contributed by atoms with Gasteiger partial charge in [-0.2, -0.15) is 5.10 Å². The molecule has 32 heavy (non-hydrogen) atoms. The molecule has 3 N–H and O–H groups in total. The van der Waals surface area contributed by atoms with Crippen LogP contribution in [0.3, 0.4) is 0 Å². The summed E-state index contributed by atoms with van der Waals surface area (Å²) < 4.78 is 1.71. The van der Waals surface area contributed by atoms with Gasteiger partial charge in [0.05, 0.1) is 24.0 Å². The molecule has 3 heterocycles. The normalized spacial score (nSPS) is 15.7. The van der Waals surface area contributed by atoms with Crippen molar-refractivity contribution in [3.63, 3.8) is 0 Å². The van der Waals surface area contributed by atoms with Crippen molar-refractivity contribution in [2.24, 2.45) is 0 Å². The quantitative estimate of drug-likeness (QED) is 0.510. The SMILES string of the molecule is Cc1ncc2c(n1)CN(C(=O)[C@H](O)[C@@H](O)C(=O)N[C@H](C)c1ccc(-n3cccn3)cc1)C2. The molecule has 3 aromatic rings. The van der Waals surface area contributed by atoms with E-state index in [0.717, 1.165) is 16.8 Å². The monoisotopic (exact) mass is 436 g/mol. The average Bonchev–Trinajstić information content (AvgIpc) is 3.47. The zero-order valence-electron chi connectivity index (χ0n) is 17.7. The van der Waals surface area contributed by atoms with E-state index in [1.54, 1.807) is 30.9 Å². The molecular formula is C22H24N6O4. The van der Waals surface area contributed by atoms with E-state index in [4.69, 9.17) is 0 Å². The Morgan fingerprint density at radius 2 is 1.88 bits per heavy atom. The Morgan fingerprint density at radius 3 is 2.56 bits per heavy atom. The number of carbonyl (C=O) groups excluding carboxylic acids is 2. The summed E-state index contributed by atoms with van der Waals surface area (Å²) in [7, 11) is 0. The number of fused-ring (bicyclic) bond motifs is 1. The number of aromatic nitrogens is 4. The van der Waals surface area contributed by atoms with Gasteiger partial charge in [0.25, 0.3) is 11.8 Å². The second kappa shape index (κ2) is 8.85. The van der Waals surface area contributed by atoms with Gasteiger partial charge in [0, 0.05) is 30.7 Å². The van der Waals surface area contributed by atoms with E-state index in [2.05, 4.69) is 20.4 Å². The predicted octanol–water partition coefficient (Wildman–Crippen LogP) is 0.412. The summed E-state index contributed by atoms with van der Waals surface area (Å²) in [6, 6.07) is 8.76. The van der Waals surface area contributed by atoms with Gasteiger partial charge in [-0.15, -0.1) is 0 Å². The topological polar surface area (TPSA) is 133 Å². The molecule has 10 heteroatoms. The van der Waals surface area contributed by atoms with Crippen LogP contribution >= 0.6 is 0 Å². The first-order valence-electron chi connectivity index (χ1n) is 10.2. The summed E-state index contributed by atoms with van der Waals surface area (Å²) in [5.74, 6) is -0.981. The molecule has 0 saturated carbocycles. The van der Waals surface area contributed by atoms with Crippen molar-refractivity contribution >= 4 is 11.8 Å². The van der Waals surface area contributed by atoms with E-state index in [1.807, 2.05) is 36.5 Å². The van der Waals surface area contributed by atoms with Gasteiger partial charge in [0.15, 0.2) is 12.2 Å². The van der Waals surface area contributed by atoms with Crippen molar-refractivity contribution in [2.45, 2.75) is 45.2 Å². The molecule has 0 fully saturated rings. The third kappa shape index (κ3) is 4.36. The van der Waals surface area contributed by atoms with E-state index in [1.165, 1.54) is 4.90 Å². The zero-order chi connectivity index (χ0) is 22.8. The number of aliphatic hydroxyl groups is 2. The average molecular weight is 436 g/mol. The van der Waals surface area contributed by atoms with Gasteiger partial charge in [-0.3, -0.25) is 9.59 Å². The van der Waals surface area contributed by atoms with Crippen LogP contribution in [0.5, 0.6) is 0 Å². The molecule has 1 aliphatic heterocycles. The van der Waals surface area contributed by atoms with Crippen LogP contribution in [0.1, 0.15) is 35.6 Å². The summed E-state index contributed by atoms with van der Waals surface area (Å²) in [6.07, 6.45) is 1.36. The molecule has 2 amide bonds. The minimum absolute atomic E-state index is 0.196. The van der Waals surface area contributed by atoms with Crippen LogP contribution in [-0.4, -0.2) is 58.9 Å². The maximum Gasteiger partial charge on any atom is 0.255 e. The van der Waals surface area contributed by atoms with Crippen LogP contribution in [0.2, 0.25) is 0 Å². The number of carbonyl (C=O) groups is 2. The molecule has 0 radical (unpaired) electrons. The number of nitrogens with zero attached hydrogens (tertiary/aromatic N) is 5. The molecule has 3 atom stereocenters. The predicted molar refractivity (Wildman–Crippen MR) is 113 cm³/mol. The van der Waals surface area contributed by atoms with Gasteiger partial charge in [-0.1, -0.05) is 12.1 Å². The fraction of sp³-hybridized carbons (Fsp3) is 0.318. The lowest BCUT2D eigenvalue weighted by molar-refractivity contribution is -0.153. The molecule has 2 aromatic heterocycles. The van der Waals surface area contributed by atoms with E-state index in [9.17, 15) is 19.8 Å². The van der Waals surface area contributed by atoms with E-state index < -0.39 is 30.1 Å². The van der Waals surface area contributed by atoms with Gasteiger partial charge in [-0.25, -0.2) is 14.6 Å². The maximum absolute atomic E-state index is 12.6. The van der Waals surface area contributed by atoms with Crippen molar-refractivity contribution < 1.29 is 19.8 Å². The van der Waals surface area contributed by atoms with E-state index >= 15 is 0 Å². The number of nitrogens with one attached hydrogen (secondary N) is 1. The number of aliphatic hydroxyl groups excluding tert-OH is 2. The fourth-order valence-electron chi connectivity index (χ4n) is 3.59. The standard InChI is InChI=1S/C22H24N6O4/c1-13(15-4-6-17(7-5-15)28-9-3-8-24-28)25-21(31)19(29)20(30)22(32)27-11-16-10-23-14(2)26-18(16)12-27/h3-10,13,19-20,29-30H,11-12H2,1-2H3,(H,25,31)/t13-,19-,20-/m1/s1. The smallest absolute Gasteiger partial charge is 0.255 e. The molecule has 166 valence electrons. The summed E-state index contributed by atoms with van der Waals surface area (Å²) >= 11 is 0. The zero-order valence-corrected chi connectivity index (χ0v) is 17.7. The second-order valence-electron chi connectivity index (χ2n) is 7.75. The highest BCUT2D eigenvalue weighted by molar-refractivity contribution is 5.91. The third-order valence-electron chi connectivity index (χ3n) is 5.43. The largest absolute Gasteiger partial charge is 0.380 e. The van der Waals surface area contributed by atoms with Crippen LogP contribution in [0.25, 0.3) is 5.69 Å². The first kappa shape index (κ1) is 21.6. The molecule has 0 spiro atoms. The second-order valence-corrected chi connectivity index (χ2v) is 7.75. The maximum atomic E-state index is 12.6. The Labute approximate surface area is 184 Å². The van der Waals surface area contributed by atoms with Crippen molar-refractivity contribution in [1.29, 1.82) is 0 Å². The van der Waals surface area contributed by atoms with Gasteiger partial charge in [0.1, 0.15) is 5.82 Å². The Bertz CT molecular complexity index is 1120. The molecule has 10 nitrogen and oxygen atoms in total. The fourth-order valence-corrected chi connectivity index (χ4v) is 3.59. The minimum Gasteiger partial charge on any atom is -0.380 e. The Kier molecular flexibility index (Phi) is 5.97. The first-order chi connectivity index (χ1) is 15.3. The summed E-state index contributed by atoms with van der Waals surface area (Å²) in [4.78, 5) is 34.8. The van der Waals surface area contributed by atoms with Crippen molar-refractivity contribution in [3.8, 4) is 5.69 Å². The number of aryl methyl sites for hydroxylation is 1. The molecule has 1 aliphatic rings. The molecule has 4 rings (SSSR count). The highest BCUT2D eigenvalue weighted by atomic mass is 16.3. The summed E-state index contributed by atoms with van der Waals surface area (Å²) in [6.45, 7) is 3.92. The molecule has 0 unspecified atom stereocenters. The number of hydrogen-bond acceptors (Lipinski definition) is 7. The molecule has 1 aromatic carbocycles. The summed E-state index contributed by atoms with van der Waals surface area (Å²) in [5, 5.41) is 27.4. The van der Waals surface area contributed by atoms with Crippen molar-refractivity contribution in [2.75, 3.05) is 0 Å². The van der Waals surface area contributed by atoms with Crippen LogP contribution in [0.15, 0.2) is 48.9 Å².